The summed E-state index contributed by atoms with van der Waals surface area (Å²) in [5, 5.41) is 20.9. The second-order valence-corrected chi connectivity index (χ2v) is 6.32. The zero-order chi connectivity index (χ0) is 19.5. The van der Waals surface area contributed by atoms with Gasteiger partial charge in [0.2, 0.25) is 0 Å². The van der Waals surface area contributed by atoms with Gasteiger partial charge in [-0.15, -0.1) is 0 Å². The molecule has 0 saturated heterocycles. The predicted molar refractivity (Wildman–Crippen MR) is 109 cm³/mol. The number of furan rings is 1. The molecule has 4 nitrogen and oxygen atoms in total. The van der Waals surface area contributed by atoms with Crippen molar-refractivity contribution in [2.75, 3.05) is 0 Å². The molecule has 0 saturated carbocycles. The number of allylic oxidation sites excluding steroid dienone is 1. The SMILES string of the molecule is N#C/C(=C\c1ccc(-c2cccc(C(=O)O)c2)o1)c1ccc2ccccc2c1. The van der Waals surface area contributed by atoms with E-state index in [0.717, 1.165) is 16.3 Å². The highest BCUT2D eigenvalue weighted by Gasteiger charge is 2.09. The average Bonchev–Trinajstić information content (AvgIpc) is 3.20. The highest BCUT2D eigenvalue weighted by molar-refractivity contribution is 5.94. The summed E-state index contributed by atoms with van der Waals surface area (Å²) in [7, 11) is 0. The van der Waals surface area contributed by atoms with Crippen LogP contribution in [0.3, 0.4) is 0 Å². The summed E-state index contributed by atoms with van der Waals surface area (Å²) in [5.74, 6) is 0.0854. The Morgan fingerprint density at radius 1 is 0.893 bits per heavy atom. The lowest BCUT2D eigenvalue weighted by Crippen LogP contribution is -1.95. The molecule has 0 atom stereocenters. The van der Waals surface area contributed by atoms with Crippen LogP contribution in [-0.4, -0.2) is 11.1 Å². The van der Waals surface area contributed by atoms with E-state index >= 15 is 0 Å². The Balaban J connectivity index is 1.69. The summed E-state index contributed by atoms with van der Waals surface area (Å²) >= 11 is 0. The summed E-state index contributed by atoms with van der Waals surface area (Å²) in [6, 6.07) is 26.2. The van der Waals surface area contributed by atoms with Gasteiger partial charge < -0.3 is 9.52 Å². The lowest BCUT2D eigenvalue weighted by molar-refractivity contribution is 0.0697. The molecule has 4 aromatic rings. The average molecular weight is 365 g/mol. The third-order valence-electron chi connectivity index (χ3n) is 4.49. The highest BCUT2D eigenvalue weighted by Crippen LogP contribution is 2.27. The molecule has 4 rings (SSSR count). The van der Waals surface area contributed by atoms with Crippen molar-refractivity contribution in [3.8, 4) is 17.4 Å². The van der Waals surface area contributed by atoms with Crippen LogP contribution in [0.2, 0.25) is 0 Å². The Morgan fingerprint density at radius 3 is 2.50 bits per heavy atom. The minimum atomic E-state index is -0.989. The fourth-order valence-electron chi connectivity index (χ4n) is 3.07. The molecule has 0 aliphatic heterocycles. The molecule has 4 heteroatoms. The Hall–Kier alpha value is -4.10. The van der Waals surface area contributed by atoms with E-state index in [1.165, 1.54) is 6.07 Å². The van der Waals surface area contributed by atoms with Crippen LogP contribution >= 0.6 is 0 Å². The first-order chi connectivity index (χ1) is 13.6. The van der Waals surface area contributed by atoms with E-state index in [-0.39, 0.29) is 5.56 Å². The lowest BCUT2D eigenvalue weighted by atomic mass is 10.0. The minimum Gasteiger partial charge on any atom is -0.478 e. The van der Waals surface area contributed by atoms with Gasteiger partial charge in [-0.05, 0) is 52.7 Å². The topological polar surface area (TPSA) is 74.2 Å². The molecular formula is C24H15NO3. The summed E-state index contributed by atoms with van der Waals surface area (Å²) in [6.45, 7) is 0. The van der Waals surface area contributed by atoms with Gasteiger partial charge in [-0.2, -0.15) is 5.26 Å². The van der Waals surface area contributed by atoms with Crippen LogP contribution < -0.4 is 0 Å². The number of carboxylic acid groups (broad SMARTS) is 1. The molecule has 0 bridgehead atoms. The van der Waals surface area contributed by atoms with Crippen molar-refractivity contribution in [1.82, 2.24) is 0 Å². The Kier molecular flexibility index (Phi) is 4.49. The number of benzene rings is 3. The second kappa shape index (κ2) is 7.26. The van der Waals surface area contributed by atoms with E-state index in [1.807, 2.05) is 42.5 Å². The van der Waals surface area contributed by atoms with Crippen molar-refractivity contribution in [3.63, 3.8) is 0 Å². The number of nitriles is 1. The molecule has 1 aromatic heterocycles. The van der Waals surface area contributed by atoms with Gasteiger partial charge in [0.15, 0.2) is 0 Å². The molecule has 0 aliphatic carbocycles. The maximum absolute atomic E-state index is 11.1. The van der Waals surface area contributed by atoms with Crippen LogP contribution in [0.4, 0.5) is 0 Å². The van der Waals surface area contributed by atoms with E-state index in [0.29, 0.717) is 22.7 Å². The van der Waals surface area contributed by atoms with E-state index in [2.05, 4.69) is 6.07 Å². The molecule has 3 aromatic carbocycles. The smallest absolute Gasteiger partial charge is 0.335 e. The van der Waals surface area contributed by atoms with Crippen molar-refractivity contribution in [1.29, 1.82) is 5.26 Å². The maximum atomic E-state index is 11.1. The molecule has 0 fully saturated rings. The van der Waals surface area contributed by atoms with Gasteiger partial charge >= 0.3 is 5.97 Å². The summed E-state index contributed by atoms with van der Waals surface area (Å²) in [6.07, 6.45) is 1.69. The largest absolute Gasteiger partial charge is 0.478 e. The van der Waals surface area contributed by atoms with Crippen molar-refractivity contribution in [3.05, 3.63) is 95.7 Å². The van der Waals surface area contributed by atoms with E-state index in [9.17, 15) is 10.1 Å². The lowest BCUT2D eigenvalue weighted by Gasteiger charge is -2.02. The number of fused-ring (bicyclic) bond motifs is 1. The first kappa shape index (κ1) is 17.3. The second-order valence-electron chi connectivity index (χ2n) is 6.32. The van der Waals surface area contributed by atoms with Crippen molar-refractivity contribution >= 4 is 28.4 Å². The number of rotatable bonds is 4. The predicted octanol–water partition coefficient (Wildman–Crippen LogP) is 5.86. The van der Waals surface area contributed by atoms with Gasteiger partial charge in [-0.3, -0.25) is 0 Å². The molecule has 0 spiro atoms. The van der Waals surface area contributed by atoms with Crippen molar-refractivity contribution in [2.45, 2.75) is 0 Å². The van der Waals surface area contributed by atoms with Crippen molar-refractivity contribution < 1.29 is 14.3 Å². The number of hydrogen-bond donors (Lipinski definition) is 1. The molecule has 0 radical (unpaired) electrons. The number of carbonyl (C=O) groups is 1. The van der Waals surface area contributed by atoms with Crippen LogP contribution in [0, 0.1) is 11.3 Å². The Morgan fingerprint density at radius 2 is 1.71 bits per heavy atom. The van der Waals surface area contributed by atoms with Crippen LogP contribution in [0.1, 0.15) is 21.7 Å². The number of hydrogen-bond acceptors (Lipinski definition) is 3. The first-order valence-electron chi connectivity index (χ1n) is 8.68. The fraction of sp³-hybridized carbons (Fsp3) is 0. The number of carboxylic acids is 1. The van der Waals surface area contributed by atoms with Gasteiger partial charge in [0.25, 0.3) is 0 Å². The summed E-state index contributed by atoms with van der Waals surface area (Å²) in [4.78, 5) is 11.1. The quantitative estimate of drug-likeness (QED) is 0.460. The molecule has 28 heavy (non-hydrogen) atoms. The van der Waals surface area contributed by atoms with E-state index < -0.39 is 5.97 Å². The van der Waals surface area contributed by atoms with Crippen LogP contribution in [0.25, 0.3) is 33.7 Å². The zero-order valence-electron chi connectivity index (χ0n) is 14.8. The summed E-state index contributed by atoms with van der Waals surface area (Å²) in [5.41, 5.74) is 2.17. The monoisotopic (exact) mass is 365 g/mol. The molecule has 134 valence electrons. The van der Waals surface area contributed by atoms with Crippen LogP contribution in [0.15, 0.2) is 83.3 Å². The van der Waals surface area contributed by atoms with E-state index in [4.69, 9.17) is 9.52 Å². The Bertz CT molecular complexity index is 1260. The van der Waals surface area contributed by atoms with E-state index in [1.54, 1.807) is 36.4 Å². The highest BCUT2D eigenvalue weighted by atomic mass is 16.4. The van der Waals surface area contributed by atoms with Gasteiger partial charge in [-0.25, -0.2) is 4.79 Å². The van der Waals surface area contributed by atoms with Gasteiger partial charge in [-0.1, -0.05) is 48.5 Å². The zero-order valence-corrected chi connectivity index (χ0v) is 14.8. The fourth-order valence-corrected chi connectivity index (χ4v) is 3.07. The number of aromatic carboxylic acids is 1. The molecule has 1 N–H and O–H groups in total. The van der Waals surface area contributed by atoms with Gasteiger partial charge in [0.1, 0.15) is 11.5 Å². The molecule has 0 unspecified atom stereocenters. The third kappa shape index (κ3) is 3.42. The molecule has 1 heterocycles. The third-order valence-corrected chi connectivity index (χ3v) is 4.49. The van der Waals surface area contributed by atoms with Gasteiger partial charge in [0, 0.05) is 5.56 Å². The molecule has 0 amide bonds. The Labute approximate surface area is 161 Å². The maximum Gasteiger partial charge on any atom is 0.335 e. The van der Waals surface area contributed by atoms with Crippen molar-refractivity contribution in [2.24, 2.45) is 0 Å². The molecule has 0 aliphatic rings. The number of nitrogens with zero attached hydrogens (tertiary/aromatic N) is 1. The van der Waals surface area contributed by atoms with Crippen LogP contribution in [-0.2, 0) is 0 Å². The first-order valence-corrected chi connectivity index (χ1v) is 8.68. The van der Waals surface area contributed by atoms with Gasteiger partial charge in [0.05, 0.1) is 17.2 Å². The minimum absolute atomic E-state index is 0.194. The summed E-state index contributed by atoms with van der Waals surface area (Å²) < 4.78 is 5.83. The standard InChI is InChI=1S/C24H15NO3/c25-15-21(18-9-8-16-4-1-2-5-17(16)12-18)14-22-10-11-23(28-22)19-6-3-7-20(13-19)24(26)27/h1-14H,(H,26,27)/b21-14+. The normalized spacial score (nSPS) is 11.3. The van der Waals surface area contributed by atoms with Crippen LogP contribution in [0.5, 0.6) is 0 Å². The molecular weight excluding hydrogens is 350 g/mol.